The van der Waals surface area contributed by atoms with Crippen molar-refractivity contribution >= 4 is 17.4 Å². The van der Waals surface area contributed by atoms with E-state index in [4.69, 9.17) is 11.6 Å². The van der Waals surface area contributed by atoms with Crippen LogP contribution in [0.25, 0.3) is 0 Å². The van der Waals surface area contributed by atoms with Crippen molar-refractivity contribution in [3.8, 4) is 0 Å². The molecule has 0 saturated heterocycles. The predicted octanol–water partition coefficient (Wildman–Crippen LogP) is 3.74. The SMILES string of the molecule is CCC(C)CC(=O)c1c(Cl)cnn1C(C)C. The third-order valence-corrected chi connectivity index (χ3v) is 3.01. The largest absolute Gasteiger partial charge is 0.292 e. The van der Waals surface area contributed by atoms with Gasteiger partial charge in [-0.2, -0.15) is 5.10 Å². The number of carbonyl (C=O) groups is 1. The van der Waals surface area contributed by atoms with E-state index in [-0.39, 0.29) is 11.8 Å². The number of aromatic nitrogens is 2. The average Bonchev–Trinajstić information content (AvgIpc) is 2.59. The number of rotatable bonds is 5. The zero-order valence-electron chi connectivity index (χ0n) is 10.3. The zero-order chi connectivity index (χ0) is 12.3. The van der Waals surface area contributed by atoms with Crippen molar-refractivity contribution in [3.05, 3.63) is 16.9 Å². The highest BCUT2D eigenvalue weighted by Gasteiger charge is 2.20. The summed E-state index contributed by atoms with van der Waals surface area (Å²) in [6.07, 6.45) is 3.08. The number of ketones is 1. The van der Waals surface area contributed by atoms with Crippen LogP contribution in [0, 0.1) is 5.92 Å². The standard InChI is InChI=1S/C12H19ClN2O/c1-5-9(4)6-11(16)12-10(13)7-14-15(12)8(2)3/h7-9H,5-6H2,1-4H3. The normalized spacial score (nSPS) is 13.1. The summed E-state index contributed by atoms with van der Waals surface area (Å²) in [5.41, 5.74) is 0.553. The molecule has 0 radical (unpaired) electrons. The molecule has 90 valence electrons. The maximum atomic E-state index is 12.1. The zero-order valence-corrected chi connectivity index (χ0v) is 11.1. The Bertz CT molecular complexity index is 371. The van der Waals surface area contributed by atoms with E-state index in [0.717, 1.165) is 6.42 Å². The minimum Gasteiger partial charge on any atom is -0.292 e. The number of nitrogens with zero attached hydrogens (tertiary/aromatic N) is 2. The summed E-state index contributed by atoms with van der Waals surface area (Å²) in [5, 5.41) is 4.59. The second-order valence-corrected chi connectivity index (χ2v) is 4.93. The van der Waals surface area contributed by atoms with E-state index in [0.29, 0.717) is 23.1 Å². The van der Waals surface area contributed by atoms with Gasteiger partial charge in [-0.25, -0.2) is 0 Å². The molecule has 0 saturated carbocycles. The van der Waals surface area contributed by atoms with Crippen molar-refractivity contribution in [2.75, 3.05) is 0 Å². The van der Waals surface area contributed by atoms with Gasteiger partial charge in [-0.15, -0.1) is 0 Å². The lowest BCUT2D eigenvalue weighted by atomic mass is 10.0. The average molecular weight is 243 g/mol. The van der Waals surface area contributed by atoms with Crippen LogP contribution in [0.15, 0.2) is 6.20 Å². The first kappa shape index (κ1) is 13.2. The number of Topliss-reactive ketones (excluding diaryl/α,β-unsaturated/α-hetero) is 1. The fourth-order valence-corrected chi connectivity index (χ4v) is 1.79. The Morgan fingerprint density at radius 1 is 1.50 bits per heavy atom. The Balaban J connectivity index is 2.94. The molecule has 1 aromatic heterocycles. The van der Waals surface area contributed by atoms with Gasteiger partial charge in [0.05, 0.1) is 11.2 Å². The third kappa shape index (κ3) is 2.85. The van der Waals surface area contributed by atoms with Gasteiger partial charge in [0, 0.05) is 12.5 Å². The number of hydrogen-bond donors (Lipinski definition) is 0. The lowest BCUT2D eigenvalue weighted by Gasteiger charge is -2.12. The minimum atomic E-state index is 0.0885. The molecular formula is C12H19ClN2O. The van der Waals surface area contributed by atoms with Crippen molar-refractivity contribution in [3.63, 3.8) is 0 Å². The number of hydrogen-bond acceptors (Lipinski definition) is 2. The van der Waals surface area contributed by atoms with Crippen LogP contribution in [0.2, 0.25) is 5.02 Å². The summed E-state index contributed by atoms with van der Waals surface area (Å²) in [7, 11) is 0. The van der Waals surface area contributed by atoms with E-state index < -0.39 is 0 Å². The molecular weight excluding hydrogens is 224 g/mol. The van der Waals surface area contributed by atoms with Crippen LogP contribution in [-0.2, 0) is 0 Å². The molecule has 0 spiro atoms. The van der Waals surface area contributed by atoms with Crippen LogP contribution in [0.1, 0.15) is 57.1 Å². The molecule has 4 heteroatoms. The highest BCUT2D eigenvalue weighted by atomic mass is 35.5. The fourth-order valence-electron chi connectivity index (χ4n) is 1.55. The van der Waals surface area contributed by atoms with Crippen molar-refractivity contribution < 1.29 is 4.79 Å². The van der Waals surface area contributed by atoms with Crippen LogP contribution in [-0.4, -0.2) is 15.6 Å². The Hall–Kier alpha value is -0.830. The Morgan fingerprint density at radius 3 is 2.62 bits per heavy atom. The lowest BCUT2D eigenvalue weighted by molar-refractivity contribution is 0.0951. The smallest absolute Gasteiger partial charge is 0.182 e. The minimum absolute atomic E-state index is 0.0885. The van der Waals surface area contributed by atoms with Crippen LogP contribution in [0.3, 0.4) is 0 Å². The third-order valence-electron chi connectivity index (χ3n) is 2.73. The van der Waals surface area contributed by atoms with Crippen molar-refractivity contribution in [2.45, 2.75) is 46.6 Å². The molecule has 0 amide bonds. The van der Waals surface area contributed by atoms with Crippen LogP contribution in [0.4, 0.5) is 0 Å². The Morgan fingerprint density at radius 2 is 2.12 bits per heavy atom. The molecule has 0 fully saturated rings. The van der Waals surface area contributed by atoms with Crippen molar-refractivity contribution in [1.82, 2.24) is 9.78 Å². The summed E-state index contributed by atoms with van der Waals surface area (Å²) in [6.45, 7) is 8.13. The maximum Gasteiger partial charge on any atom is 0.182 e. The van der Waals surface area contributed by atoms with E-state index in [1.165, 1.54) is 0 Å². The topological polar surface area (TPSA) is 34.9 Å². The van der Waals surface area contributed by atoms with Gasteiger partial charge < -0.3 is 0 Å². The molecule has 0 aromatic carbocycles. The summed E-state index contributed by atoms with van der Waals surface area (Å²) in [5.74, 6) is 0.477. The van der Waals surface area contributed by atoms with E-state index in [9.17, 15) is 4.79 Å². The highest BCUT2D eigenvalue weighted by Crippen LogP contribution is 2.22. The second-order valence-electron chi connectivity index (χ2n) is 4.52. The summed E-state index contributed by atoms with van der Waals surface area (Å²) < 4.78 is 1.70. The molecule has 0 aliphatic heterocycles. The van der Waals surface area contributed by atoms with E-state index >= 15 is 0 Å². The van der Waals surface area contributed by atoms with Crippen molar-refractivity contribution in [1.29, 1.82) is 0 Å². The molecule has 1 unspecified atom stereocenters. The molecule has 1 aromatic rings. The van der Waals surface area contributed by atoms with Gasteiger partial charge in [0.15, 0.2) is 5.78 Å². The van der Waals surface area contributed by atoms with Gasteiger partial charge >= 0.3 is 0 Å². The number of carbonyl (C=O) groups excluding carboxylic acids is 1. The van der Waals surface area contributed by atoms with Gasteiger partial charge in [-0.3, -0.25) is 9.48 Å². The molecule has 0 aliphatic carbocycles. The molecule has 0 bridgehead atoms. The van der Waals surface area contributed by atoms with Crippen molar-refractivity contribution in [2.24, 2.45) is 5.92 Å². The van der Waals surface area contributed by atoms with Gasteiger partial charge in [0.2, 0.25) is 0 Å². The first-order valence-corrected chi connectivity index (χ1v) is 6.11. The summed E-state index contributed by atoms with van der Waals surface area (Å²) in [4.78, 5) is 12.1. The van der Waals surface area contributed by atoms with Gasteiger partial charge in [-0.05, 0) is 19.8 Å². The second kappa shape index (κ2) is 5.48. The molecule has 0 aliphatic rings. The van der Waals surface area contributed by atoms with Gasteiger partial charge in [-0.1, -0.05) is 31.9 Å². The predicted molar refractivity (Wildman–Crippen MR) is 66.0 cm³/mol. The lowest BCUT2D eigenvalue weighted by Crippen LogP contribution is -2.15. The van der Waals surface area contributed by atoms with Crippen LogP contribution >= 0.6 is 11.6 Å². The van der Waals surface area contributed by atoms with Gasteiger partial charge in [0.25, 0.3) is 0 Å². The highest BCUT2D eigenvalue weighted by molar-refractivity contribution is 6.33. The van der Waals surface area contributed by atoms with Crippen LogP contribution in [0.5, 0.6) is 0 Å². The number of halogens is 1. The first-order valence-electron chi connectivity index (χ1n) is 5.73. The van der Waals surface area contributed by atoms with Gasteiger partial charge in [0.1, 0.15) is 5.69 Å². The summed E-state index contributed by atoms with van der Waals surface area (Å²) >= 11 is 6.01. The Kier molecular flexibility index (Phi) is 4.54. The molecule has 1 atom stereocenters. The molecule has 0 N–H and O–H groups in total. The molecule has 16 heavy (non-hydrogen) atoms. The molecule has 1 rings (SSSR count). The summed E-state index contributed by atoms with van der Waals surface area (Å²) in [6, 6.07) is 0.156. The quantitative estimate of drug-likeness (QED) is 0.738. The van der Waals surface area contributed by atoms with E-state index in [1.54, 1.807) is 10.9 Å². The monoisotopic (exact) mass is 242 g/mol. The Labute approximate surface area is 102 Å². The molecule has 1 heterocycles. The first-order chi connectivity index (χ1) is 7.47. The van der Waals surface area contributed by atoms with Crippen LogP contribution < -0.4 is 0 Å². The van der Waals surface area contributed by atoms with E-state index in [2.05, 4.69) is 18.9 Å². The maximum absolute atomic E-state index is 12.1. The fraction of sp³-hybridized carbons (Fsp3) is 0.667. The van der Waals surface area contributed by atoms with E-state index in [1.807, 2.05) is 13.8 Å². The molecule has 3 nitrogen and oxygen atoms in total.